The van der Waals surface area contributed by atoms with Crippen LogP contribution in [-0.4, -0.2) is 36.1 Å². The van der Waals surface area contributed by atoms with Gasteiger partial charge in [-0.2, -0.15) is 0 Å². The van der Waals surface area contributed by atoms with Crippen LogP contribution < -0.4 is 11.1 Å². The number of para-hydroxylation sites is 1. The van der Waals surface area contributed by atoms with Gasteiger partial charge in [0.1, 0.15) is 0 Å². The van der Waals surface area contributed by atoms with E-state index in [4.69, 9.17) is 17.3 Å². The van der Waals surface area contributed by atoms with Crippen molar-refractivity contribution in [2.75, 3.05) is 24.7 Å². The summed E-state index contributed by atoms with van der Waals surface area (Å²) in [7, 11) is 0. The third-order valence-corrected chi connectivity index (χ3v) is 6.04. The number of halogens is 1. The molecule has 1 fully saturated rings. The molecule has 7 heteroatoms. The van der Waals surface area contributed by atoms with E-state index in [0.717, 1.165) is 35.5 Å². The normalized spacial score (nSPS) is 17.3. The summed E-state index contributed by atoms with van der Waals surface area (Å²) >= 11 is 7.79. The highest BCUT2D eigenvalue weighted by Gasteiger charge is 2.24. The molecule has 0 aromatic heterocycles. The molecule has 28 heavy (non-hydrogen) atoms. The molecule has 0 bridgehead atoms. The van der Waals surface area contributed by atoms with Crippen LogP contribution in [-0.2, 0) is 11.3 Å². The maximum atomic E-state index is 12.8. The van der Waals surface area contributed by atoms with Crippen molar-refractivity contribution in [2.45, 2.75) is 24.3 Å². The Morgan fingerprint density at radius 1 is 1.29 bits per heavy atom. The number of likely N-dealkylation sites (tertiary alicyclic amines) is 1. The lowest BCUT2D eigenvalue weighted by Gasteiger charge is -2.31. The summed E-state index contributed by atoms with van der Waals surface area (Å²) in [6, 6.07) is 13.1. The van der Waals surface area contributed by atoms with Crippen molar-refractivity contribution in [3.05, 3.63) is 58.6 Å². The van der Waals surface area contributed by atoms with Crippen LogP contribution in [0.15, 0.2) is 47.4 Å². The number of thioether (sulfide) groups is 1. The van der Waals surface area contributed by atoms with Gasteiger partial charge in [-0.3, -0.25) is 14.5 Å². The van der Waals surface area contributed by atoms with Crippen molar-refractivity contribution in [1.82, 2.24) is 4.90 Å². The highest BCUT2D eigenvalue weighted by atomic mass is 35.5. The largest absolute Gasteiger partial charge is 0.369 e. The molecule has 0 spiro atoms. The number of carbonyl (C=O) groups excluding carboxylic acids is 2. The van der Waals surface area contributed by atoms with E-state index >= 15 is 0 Å². The molecule has 1 aliphatic heterocycles. The van der Waals surface area contributed by atoms with E-state index in [1.54, 1.807) is 23.9 Å². The van der Waals surface area contributed by atoms with E-state index in [0.29, 0.717) is 23.7 Å². The minimum atomic E-state index is -0.241. The monoisotopic (exact) mass is 417 g/mol. The Hall–Kier alpha value is -2.02. The molecule has 1 heterocycles. The van der Waals surface area contributed by atoms with Crippen LogP contribution in [0.4, 0.5) is 5.69 Å². The van der Waals surface area contributed by atoms with Gasteiger partial charge in [-0.15, -0.1) is 11.8 Å². The Labute approximate surface area is 174 Å². The van der Waals surface area contributed by atoms with Crippen molar-refractivity contribution in [3.63, 3.8) is 0 Å². The lowest BCUT2D eigenvalue weighted by molar-refractivity contribution is -0.123. The molecule has 2 amide bonds. The zero-order valence-corrected chi connectivity index (χ0v) is 17.4. The Morgan fingerprint density at radius 2 is 2.07 bits per heavy atom. The molecular formula is C21H24ClN3O2S. The maximum absolute atomic E-state index is 12.8. The van der Waals surface area contributed by atoms with E-state index in [1.807, 2.05) is 36.6 Å². The second-order valence-corrected chi connectivity index (χ2v) is 8.22. The number of nitrogens with one attached hydrogen (secondary N) is 1. The first-order valence-corrected chi connectivity index (χ1v) is 10.8. The van der Waals surface area contributed by atoms with Gasteiger partial charge < -0.3 is 11.1 Å². The van der Waals surface area contributed by atoms with Crippen molar-refractivity contribution in [2.24, 2.45) is 11.7 Å². The molecule has 0 radical (unpaired) electrons. The standard InChI is InChI=1S/C21H24ClN3O2S/c1-28-16-8-9-18(22)17(11-16)21(27)24-19-7-3-2-5-14(19)12-25-10-4-6-15(13-25)20(23)26/h2-3,5,7-9,11,15H,4,6,10,12-13H2,1H3,(H2,23,26)(H,24,27). The molecule has 1 atom stereocenters. The first-order chi connectivity index (χ1) is 13.5. The summed E-state index contributed by atoms with van der Waals surface area (Å²) in [5.41, 5.74) is 7.69. The second kappa shape index (κ2) is 9.45. The quantitative estimate of drug-likeness (QED) is 0.696. The summed E-state index contributed by atoms with van der Waals surface area (Å²) in [5.74, 6) is -0.583. The molecule has 1 aliphatic rings. The minimum absolute atomic E-state index is 0.108. The first kappa shape index (κ1) is 20.7. The minimum Gasteiger partial charge on any atom is -0.369 e. The van der Waals surface area contributed by atoms with Crippen LogP contribution in [0.1, 0.15) is 28.8 Å². The van der Waals surface area contributed by atoms with Gasteiger partial charge in [-0.05, 0) is 55.5 Å². The fourth-order valence-corrected chi connectivity index (χ4v) is 4.09. The van der Waals surface area contributed by atoms with Crippen molar-refractivity contribution in [1.29, 1.82) is 0 Å². The fourth-order valence-electron chi connectivity index (χ4n) is 3.45. The highest BCUT2D eigenvalue weighted by Crippen LogP contribution is 2.26. The van der Waals surface area contributed by atoms with E-state index in [9.17, 15) is 9.59 Å². The van der Waals surface area contributed by atoms with Gasteiger partial charge in [-0.25, -0.2) is 0 Å². The number of carbonyl (C=O) groups is 2. The SMILES string of the molecule is CSc1ccc(Cl)c(C(=O)Nc2ccccc2CN2CCCC(C(N)=O)C2)c1. The van der Waals surface area contributed by atoms with Crippen molar-refractivity contribution < 1.29 is 9.59 Å². The van der Waals surface area contributed by atoms with Crippen molar-refractivity contribution in [3.8, 4) is 0 Å². The molecule has 2 aromatic carbocycles. The topological polar surface area (TPSA) is 75.4 Å². The van der Waals surface area contributed by atoms with Gasteiger partial charge in [0, 0.05) is 23.7 Å². The molecule has 1 saturated heterocycles. The zero-order valence-electron chi connectivity index (χ0n) is 15.8. The van der Waals surface area contributed by atoms with Crippen LogP contribution in [0.25, 0.3) is 0 Å². The smallest absolute Gasteiger partial charge is 0.257 e. The van der Waals surface area contributed by atoms with Gasteiger partial charge in [0.05, 0.1) is 16.5 Å². The fraction of sp³-hybridized carbons (Fsp3) is 0.333. The Kier molecular flexibility index (Phi) is 6.99. The summed E-state index contributed by atoms with van der Waals surface area (Å²) in [5, 5.41) is 3.42. The third-order valence-electron chi connectivity index (χ3n) is 4.99. The number of piperidine rings is 1. The van der Waals surface area contributed by atoms with E-state index < -0.39 is 0 Å². The predicted octanol–water partition coefficient (Wildman–Crippen LogP) is 4.01. The van der Waals surface area contributed by atoms with Crippen LogP contribution >= 0.6 is 23.4 Å². The average Bonchev–Trinajstić information content (AvgIpc) is 2.70. The highest BCUT2D eigenvalue weighted by molar-refractivity contribution is 7.98. The summed E-state index contributed by atoms with van der Waals surface area (Å²) in [4.78, 5) is 27.5. The van der Waals surface area contributed by atoms with Crippen LogP contribution in [0.5, 0.6) is 0 Å². The number of hydrogen-bond donors (Lipinski definition) is 2. The molecule has 1 unspecified atom stereocenters. The Bertz CT molecular complexity index is 874. The molecule has 2 aromatic rings. The van der Waals surface area contributed by atoms with Crippen molar-refractivity contribution >= 4 is 40.9 Å². The van der Waals surface area contributed by atoms with E-state index in [-0.39, 0.29) is 17.7 Å². The Morgan fingerprint density at radius 3 is 2.82 bits per heavy atom. The predicted molar refractivity (Wildman–Crippen MR) is 115 cm³/mol. The van der Waals surface area contributed by atoms with Gasteiger partial charge in [-0.1, -0.05) is 29.8 Å². The van der Waals surface area contributed by atoms with Gasteiger partial charge in [0.25, 0.3) is 5.91 Å². The number of amides is 2. The molecule has 3 rings (SSSR count). The summed E-state index contributed by atoms with van der Waals surface area (Å²) in [6.45, 7) is 2.21. The number of anilines is 1. The molecule has 5 nitrogen and oxygen atoms in total. The number of rotatable bonds is 6. The Balaban J connectivity index is 1.75. The zero-order chi connectivity index (χ0) is 20.1. The summed E-state index contributed by atoms with van der Waals surface area (Å²) in [6.07, 6.45) is 3.74. The van der Waals surface area contributed by atoms with E-state index in [2.05, 4.69) is 10.2 Å². The maximum Gasteiger partial charge on any atom is 0.257 e. The van der Waals surface area contributed by atoms with Crippen LogP contribution in [0.2, 0.25) is 5.02 Å². The van der Waals surface area contributed by atoms with Gasteiger partial charge in [0.2, 0.25) is 5.91 Å². The van der Waals surface area contributed by atoms with Crippen LogP contribution in [0, 0.1) is 5.92 Å². The molecule has 3 N–H and O–H groups in total. The number of nitrogens with two attached hydrogens (primary N) is 1. The molecule has 148 valence electrons. The number of primary amides is 1. The third kappa shape index (κ3) is 5.07. The molecule has 0 aliphatic carbocycles. The first-order valence-electron chi connectivity index (χ1n) is 9.22. The second-order valence-electron chi connectivity index (χ2n) is 6.93. The summed E-state index contributed by atoms with van der Waals surface area (Å²) < 4.78 is 0. The van der Waals surface area contributed by atoms with E-state index in [1.165, 1.54) is 0 Å². The lowest BCUT2D eigenvalue weighted by atomic mass is 9.97. The average molecular weight is 418 g/mol. The molecule has 0 saturated carbocycles. The van der Waals surface area contributed by atoms with Gasteiger partial charge in [0.15, 0.2) is 0 Å². The van der Waals surface area contributed by atoms with Gasteiger partial charge >= 0.3 is 0 Å². The number of nitrogens with zero attached hydrogens (tertiary/aromatic N) is 1. The number of hydrogen-bond acceptors (Lipinski definition) is 4. The van der Waals surface area contributed by atoms with Crippen LogP contribution in [0.3, 0.4) is 0 Å². The lowest BCUT2D eigenvalue weighted by Crippen LogP contribution is -2.40. The number of benzene rings is 2. The molecular weight excluding hydrogens is 394 g/mol.